The van der Waals surface area contributed by atoms with Crippen molar-refractivity contribution in [2.75, 3.05) is 33.0 Å². The maximum Gasteiger partial charge on any atom is 0.374 e. The van der Waals surface area contributed by atoms with Crippen molar-refractivity contribution in [3.05, 3.63) is 80.5 Å². The average Bonchev–Trinajstić information content (AvgIpc) is 3.05. The summed E-state index contributed by atoms with van der Waals surface area (Å²) >= 11 is 0. The van der Waals surface area contributed by atoms with Gasteiger partial charge >= 0.3 is 17.9 Å². The fraction of sp³-hybridized carbons (Fsp3) is 0.364. The van der Waals surface area contributed by atoms with Crippen molar-refractivity contribution in [3.8, 4) is 11.5 Å². The topological polar surface area (TPSA) is 210 Å². The number of nitrogens with two attached hydrogens (primary N) is 2. The molecule has 49 heavy (non-hydrogen) atoms. The molecule has 4 rings (SSSR count). The third-order valence-corrected chi connectivity index (χ3v) is 6.79. The van der Waals surface area contributed by atoms with Crippen LogP contribution in [0.5, 0.6) is 11.5 Å². The Morgan fingerprint density at radius 3 is 1.65 bits per heavy atom. The van der Waals surface area contributed by atoms with E-state index in [0.29, 0.717) is 25.8 Å². The van der Waals surface area contributed by atoms with Crippen LogP contribution < -0.4 is 31.8 Å². The zero-order valence-electron chi connectivity index (χ0n) is 26.8. The summed E-state index contributed by atoms with van der Waals surface area (Å²) < 4.78 is 38.5. The van der Waals surface area contributed by atoms with Crippen LogP contribution in [0.3, 0.4) is 0 Å². The Bertz CT molecular complexity index is 1740. The van der Waals surface area contributed by atoms with Gasteiger partial charge in [-0.05, 0) is 57.5 Å². The van der Waals surface area contributed by atoms with Gasteiger partial charge in [-0.15, -0.1) is 24.8 Å². The lowest BCUT2D eigenvalue weighted by Crippen LogP contribution is -2.39. The first-order valence-electron chi connectivity index (χ1n) is 15.1. The van der Waals surface area contributed by atoms with E-state index in [0.717, 1.165) is 12.1 Å². The van der Waals surface area contributed by atoms with Gasteiger partial charge in [0, 0.05) is 12.1 Å². The van der Waals surface area contributed by atoms with Crippen LogP contribution in [-0.2, 0) is 19.0 Å². The van der Waals surface area contributed by atoms with Crippen molar-refractivity contribution in [2.45, 2.75) is 45.3 Å². The van der Waals surface area contributed by atoms with E-state index < -0.39 is 40.9 Å². The monoisotopic (exact) mass is 724 g/mol. The molecule has 0 fully saturated rings. The Morgan fingerprint density at radius 2 is 1.22 bits per heavy atom. The molecule has 0 unspecified atom stereocenters. The first kappa shape index (κ1) is 40.5. The summed E-state index contributed by atoms with van der Waals surface area (Å²) in [5.41, 5.74) is 10.6. The van der Waals surface area contributed by atoms with Gasteiger partial charge in [-0.25, -0.2) is 9.59 Å². The number of hydrogen-bond donors (Lipinski definition) is 2. The maximum atomic E-state index is 13.0. The van der Waals surface area contributed by atoms with Gasteiger partial charge in [0.2, 0.25) is 11.5 Å². The molecule has 0 radical (unpaired) electrons. The van der Waals surface area contributed by atoms with Crippen molar-refractivity contribution >= 4 is 64.7 Å². The van der Waals surface area contributed by atoms with Gasteiger partial charge in [0.15, 0.2) is 17.0 Å². The summed E-state index contributed by atoms with van der Waals surface area (Å²) in [6.07, 6.45) is 0.555. The summed E-state index contributed by atoms with van der Waals surface area (Å²) in [5, 5.41) is 0.100. The largest absolute Gasteiger partial charge is 0.489 e. The van der Waals surface area contributed by atoms with Crippen molar-refractivity contribution in [3.63, 3.8) is 0 Å². The number of ether oxygens (including phenoxy) is 5. The van der Waals surface area contributed by atoms with E-state index in [1.165, 1.54) is 24.3 Å². The number of unbranched alkanes of at least 4 members (excludes halogenated alkanes) is 1. The Morgan fingerprint density at radius 1 is 0.755 bits per heavy atom. The Labute approximate surface area is 292 Å². The number of carbonyl (C=O) groups excluding carboxylic acids is 3. The number of fused-ring (bicyclic) bond motifs is 2. The lowest BCUT2D eigenvalue weighted by Gasteiger charge is -2.21. The summed E-state index contributed by atoms with van der Waals surface area (Å²) in [6.45, 7) is 3.30. The van der Waals surface area contributed by atoms with Gasteiger partial charge < -0.3 is 44.0 Å². The summed E-state index contributed by atoms with van der Waals surface area (Å²) in [6, 6.07) is 10.2. The predicted molar refractivity (Wildman–Crippen MR) is 183 cm³/mol. The highest BCUT2D eigenvalue weighted by molar-refractivity contribution is 5.91. The second-order valence-electron chi connectivity index (χ2n) is 10.2. The highest BCUT2D eigenvalue weighted by Crippen LogP contribution is 2.26. The van der Waals surface area contributed by atoms with Crippen LogP contribution in [0.25, 0.3) is 21.9 Å². The number of carbonyl (C=O) groups is 3. The van der Waals surface area contributed by atoms with Gasteiger partial charge in [-0.3, -0.25) is 14.4 Å². The molecule has 2 aromatic heterocycles. The summed E-state index contributed by atoms with van der Waals surface area (Å²) in [7, 11) is 0. The standard InChI is InChI=1S/C33H36N2O12.2ClH/c1-3-41-32(39)27-15-21(36)29-23(10-7-12-25(29)46-27)43-17-19(45-31(38)20(35)9-5-6-14-34)18-44-24-11-8-13-26-30(24)22(37)16-28(47-26)33(40)42-4-2;;/h7-8,10-13,15-16,19-20H,3-6,9,14,17-18,34-35H2,1-2H3;2*1H/t20-;;/m0../s1. The zero-order chi connectivity index (χ0) is 33.9. The third kappa shape index (κ3) is 10.4. The number of benzene rings is 2. The smallest absolute Gasteiger partial charge is 0.374 e. The molecule has 14 nitrogen and oxygen atoms in total. The maximum absolute atomic E-state index is 13.0. The molecule has 2 heterocycles. The molecule has 0 aliphatic rings. The minimum absolute atomic E-state index is 0. The summed E-state index contributed by atoms with van der Waals surface area (Å²) in [4.78, 5) is 63.1. The van der Waals surface area contributed by atoms with Crippen LogP contribution in [0.1, 0.15) is 54.2 Å². The van der Waals surface area contributed by atoms with E-state index >= 15 is 0 Å². The van der Waals surface area contributed by atoms with Gasteiger partial charge in [0.05, 0.1) is 13.2 Å². The lowest BCUT2D eigenvalue weighted by molar-refractivity contribution is -0.154. The van der Waals surface area contributed by atoms with Crippen molar-refractivity contribution < 1.29 is 46.9 Å². The molecule has 0 spiro atoms. The van der Waals surface area contributed by atoms with Crippen LogP contribution in [0, 0.1) is 0 Å². The van der Waals surface area contributed by atoms with Crippen LogP contribution >= 0.6 is 24.8 Å². The molecule has 266 valence electrons. The molecule has 0 bridgehead atoms. The van der Waals surface area contributed by atoms with Gasteiger partial charge in [0.25, 0.3) is 0 Å². The Hall–Kier alpha value is -4.63. The van der Waals surface area contributed by atoms with Gasteiger partial charge in [-0.2, -0.15) is 0 Å². The van der Waals surface area contributed by atoms with Gasteiger partial charge in [0.1, 0.15) is 52.7 Å². The second-order valence-corrected chi connectivity index (χ2v) is 10.2. The van der Waals surface area contributed by atoms with E-state index in [-0.39, 0.29) is 96.2 Å². The first-order chi connectivity index (χ1) is 22.7. The lowest BCUT2D eigenvalue weighted by atomic mass is 10.1. The molecule has 0 saturated carbocycles. The molecule has 0 aliphatic carbocycles. The third-order valence-electron chi connectivity index (χ3n) is 6.79. The number of halogens is 2. The average molecular weight is 726 g/mol. The fourth-order valence-electron chi connectivity index (χ4n) is 4.56. The number of rotatable bonds is 16. The number of esters is 3. The van der Waals surface area contributed by atoms with Gasteiger partial charge in [-0.1, -0.05) is 18.6 Å². The predicted octanol–water partition coefficient (Wildman–Crippen LogP) is 3.92. The first-order valence-corrected chi connectivity index (χ1v) is 15.1. The molecule has 0 saturated heterocycles. The Kier molecular flexibility index (Phi) is 16.0. The minimum atomic E-state index is -1.08. The van der Waals surface area contributed by atoms with Crippen molar-refractivity contribution in [1.29, 1.82) is 0 Å². The van der Waals surface area contributed by atoms with Crippen LogP contribution in [0.4, 0.5) is 0 Å². The quantitative estimate of drug-likeness (QED) is 0.0953. The molecule has 4 aromatic rings. The Balaban J connectivity index is 0.00000417. The van der Waals surface area contributed by atoms with E-state index in [9.17, 15) is 24.0 Å². The molecular weight excluding hydrogens is 687 g/mol. The molecule has 16 heteroatoms. The highest BCUT2D eigenvalue weighted by Gasteiger charge is 2.24. The molecule has 4 N–H and O–H groups in total. The van der Waals surface area contributed by atoms with Crippen LogP contribution in [-0.4, -0.2) is 63.0 Å². The number of hydrogen-bond acceptors (Lipinski definition) is 14. The molecule has 0 amide bonds. The zero-order valence-corrected chi connectivity index (χ0v) is 28.4. The second kappa shape index (κ2) is 19.4. The normalized spacial score (nSPS) is 11.3. The van der Waals surface area contributed by atoms with E-state index in [1.807, 2.05) is 0 Å². The SMILES string of the molecule is CCOC(=O)c1cc(=O)c2c(OCC(COc3cccc4oc(C(=O)OCC)cc(=O)c34)OC(=O)[C@@H](N)CCCCN)cccc2o1.Cl.Cl. The molecule has 2 aromatic carbocycles. The summed E-state index contributed by atoms with van der Waals surface area (Å²) in [5.74, 6) is -2.63. The fourth-order valence-corrected chi connectivity index (χ4v) is 4.56. The van der Waals surface area contributed by atoms with Crippen molar-refractivity contribution in [1.82, 2.24) is 0 Å². The van der Waals surface area contributed by atoms with E-state index in [1.54, 1.807) is 26.0 Å². The van der Waals surface area contributed by atoms with Crippen LogP contribution in [0.15, 0.2) is 67.0 Å². The molecule has 0 aliphatic heterocycles. The van der Waals surface area contributed by atoms with Crippen LogP contribution in [0.2, 0.25) is 0 Å². The molecular formula is C33H38Cl2N2O12. The van der Waals surface area contributed by atoms with E-state index in [4.69, 9.17) is 44.0 Å². The minimum Gasteiger partial charge on any atom is -0.489 e. The van der Waals surface area contributed by atoms with Crippen molar-refractivity contribution in [2.24, 2.45) is 11.5 Å². The van der Waals surface area contributed by atoms with E-state index in [2.05, 4.69) is 0 Å². The highest BCUT2D eigenvalue weighted by atomic mass is 35.5. The molecule has 1 atom stereocenters.